The second kappa shape index (κ2) is 50.5. The molecule has 0 radical (unpaired) electrons. The van der Waals surface area contributed by atoms with Crippen molar-refractivity contribution in [3.63, 3.8) is 0 Å². The molecule has 0 saturated heterocycles. The Hall–Kier alpha value is -2.18. The number of unbranched alkanes of at least 4 members (excludes halogenated alkanes) is 31. The summed E-state index contributed by atoms with van der Waals surface area (Å²) in [5.41, 5.74) is 0. The summed E-state index contributed by atoms with van der Waals surface area (Å²) in [7, 11) is 0. The summed E-state index contributed by atoms with van der Waals surface area (Å²) in [6.45, 7) is 4.83. The lowest BCUT2D eigenvalue weighted by Crippen LogP contribution is -2.45. The largest absolute Gasteiger partial charge is 0.466 e. The van der Waals surface area contributed by atoms with E-state index in [1.54, 1.807) is 6.08 Å². The lowest BCUT2D eigenvalue weighted by molar-refractivity contribution is -0.143. The lowest BCUT2D eigenvalue weighted by atomic mass is 10.1. The van der Waals surface area contributed by atoms with Gasteiger partial charge < -0.3 is 20.3 Å². The van der Waals surface area contributed by atoms with Crippen LogP contribution in [0.15, 0.2) is 48.6 Å². The fourth-order valence-electron chi connectivity index (χ4n) is 7.71. The molecule has 0 aromatic rings. The van der Waals surface area contributed by atoms with Crippen LogP contribution in [-0.2, 0) is 14.3 Å². The Morgan fingerprint density at radius 1 is 0.459 bits per heavy atom. The molecule has 0 aliphatic carbocycles. The SMILES string of the molecule is CCCCC/C=C\CCCCCCCC(=O)OCCCCCCCCCCC/C=C\C/C=C\CCCCCCCCCC(=O)NC(CO)C(O)/C=C/CCCCCCCCC. The highest BCUT2D eigenvalue weighted by Crippen LogP contribution is 2.14. The number of aliphatic hydroxyl groups is 2. The van der Waals surface area contributed by atoms with E-state index in [0.29, 0.717) is 19.4 Å². The molecule has 2 atom stereocenters. The molecular weight excluding hydrogens is 755 g/mol. The van der Waals surface area contributed by atoms with Gasteiger partial charge in [0.1, 0.15) is 0 Å². The summed E-state index contributed by atoms with van der Waals surface area (Å²) < 4.78 is 5.45. The maximum atomic E-state index is 12.4. The molecule has 0 rings (SSSR count). The number of ether oxygens (including phenoxy) is 1. The van der Waals surface area contributed by atoms with Gasteiger partial charge in [-0.2, -0.15) is 0 Å². The third kappa shape index (κ3) is 47.1. The summed E-state index contributed by atoms with van der Waals surface area (Å²) in [5, 5.41) is 22.9. The van der Waals surface area contributed by atoms with Crippen molar-refractivity contribution in [3.05, 3.63) is 48.6 Å². The van der Waals surface area contributed by atoms with Crippen LogP contribution in [0.25, 0.3) is 0 Å². The van der Waals surface area contributed by atoms with Crippen LogP contribution in [0.5, 0.6) is 0 Å². The van der Waals surface area contributed by atoms with Crippen LogP contribution in [0.2, 0.25) is 0 Å². The first-order chi connectivity index (χ1) is 30.0. The fourth-order valence-corrected chi connectivity index (χ4v) is 7.71. The van der Waals surface area contributed by atoms with Gasteiger partial charge in [-0.05, 0) is 89.9 Å². The molecule has 2 unspecified atom stereocenters. The summed E-state index contributed by atoms with van der Waals surface area (Å²) in [6, 6.07) is -0.634. The van der Waals surface area contributed by atoms with Gasteiger partial charge in [-0.15, -0.1) is 0 Å². The Kier molecular flexibility index (Phi) is 48.7. The van der Waals surface area contributed by atoms with Gasteiger partial charge in [0.05, 0.1) is 25.4 Å². The zero-order chi connectivity index (χ0) is 44.4. The zero-order valence-electron chi connectivity index (χ0n) is 40.4. The lowest BCUT2D eigenvalue weighted by Gasteiger charge is -2.20. The Bertz CT molecular complexity index is 1040. The molecule has 6 heteroatoms. The van der Waals surface area contributed by atoms with Gasteiger partial charge in [0, 0.05) is 12.8 Å². The van der Waals surface area contributed by atoms with E-state index in [-0.39, 0.29) is 18.5 Å². The molecule has 0 bridgehead atoms. The second-order valence-electron chi connectivity index (χ2n) is 17.8. The summed E-state index contributed by atoms with van der Waals surface area (Å²) in [4.78, 5) is 24.3. The number of aliphatic hydroxyl groups excluding tert-OH is 2. The molecule has 356 valence electrons. The molecule has 61 heavy (non-hydrogen) atoms. The minimum atomic E-state index is -0.849. The van der Waals surface area contributed by atoms with Gasteiger partial charge >= 0.3 is 5.97 Å². The van der Waals surface area contributed by atoms with Crippen molar-refractivity contribution in [1.29, 1.82) is 0 Å². The van der Waals surface area contributed by atoms with Crippen LogP contribution in [0.3, 0.4) is 0 Å². The monoisotopic (exact) mass is 856 g/mol. The average molecular weight is 856 g/mol. The standard InChI is InChI=1S/C55H101NO5/c1-3-5-7-9-11-13-14-29-33-37-41-45-49-55(60)61-50-46-42-38-34-30-27-25-23-21-19-17-15-16-18-20-22-24-26-28-32-36-40-44-48-54(59)56-52(51-57)53(58)47-43-39-35-31-12-10-8-6-4-2/h11,13,15,17-18,20,43,47,52-53,57-58H,3-10,12,14,16,19,21-42,44-46,48-51H2,1-2H3,(H,56,59)/b13-11-,17-15-,20-18-,47-43+. The van der Waals surface area contributed by atoms with Crippen molar-refractivity contribution in [1.82, 2.24) is 5.32 Å². The molecule has 0 heterocycles. The predicted octanol–water partition coefficient (Wildman–Crippen LogP) is 15.8. The maximum Gasteiger partial charge on any atom is 0.305 e. The molecule has 0 aliphatic rings. The molecule has 1 amide bonds. The van der Waals surface area contributed by atoms with Crippen molar-refractivity contribution in [3.8, 4) is 0 Å². The second-order valence-corrected chi connectivity index (χ2v) is 17.8. The number of nitrogens with one attached hydrogen (secondary N) is 1. The van der Waals surface area contributed by atoms with Gasteiger partial charge in [-0.3, -0.25) is 9.59 Å². The highest BCUT2D eigenvalue weighted by atomic mass is 16.5. The maximum absolute atomic E-state index is 12.4. The van der Waals surface area contributed by atoms with Gasteiger partial charge in [0.15, 0.2) is 0 Å². The van der Waals surface area contributed by atoms with Crippen LogP contribution in [0.4, 0.5) is 0 Å². The molecule has 3 N–H and O–H groups in total. The van der Waals surface area contributed by atoms with Crippen molar-refractivity contribution in [2.24, 2.45) is 0 Å². The van der Waals surface area contributed by atoms with E-state index >= 15 is 0 Å². The number of rotatable bonds is 48. The Balaban J connectivity index is 3.46. The first kappa shape index (κ1) is 58.8. The van der Waals surface area contributed by atoms with E-state index in [4.69, 9.17) is 4.74 Å². The quantitative estimate of drug-likeness (QED) is 0.0322. The fraction of sp³-hybridized carbons (Fsp3) is 0.818. The van der Waals surface area contributed by atoms with E-state index in [0.717, 1.165) is 64.2 Å². The number of hydrogen-bond acceptors (Lipinski definition) is 5. The van der Waals surface area contributed by atoms with Gasteiger partial charge in [0.25, 0.3) is 0 Å². The van der Waals surface area contributed by atoms with Crippen LogP contribution >= 0.6 is 0 Å². The van der Waals surface area contributed by atoms with E-state index in [9.17, 15) is 19.8 Å². The van der Waals surface area contributed by atoms with E-state index in [2.05, 4.69) is 55.6 Å². The van der Waals surface area contributed by atoms with Crippen molar-refractivity contribution in [2.45, 2.75) is 276 Å². The molecule has 0 aromatic heterocycles. The highest BCUT2D eigenvalue weighted by molar-refractivity contribution is 5.76. The number of amides is 1. The first-order valence-corrected chi connectivity index (χ1v) is 26.4. The average Bonchev–Trinajstić information content (AvgIpc) is 3.26. The smallest absolute Gasteiger partial charge is 0.305 e. The Labute approximate surface area is 378 Å². The van der Waals surface area contributed by atoms with Gasteiger partial charge in [0.2, 0.25) is 5.91 Å². The molecular formula is C55H101NO5. The van der Waals surface area contributed by atoms with Crippen LogP contribution < -0.4 is 5.32 Å². The van der Waals surface area contributed by atoms with Crippen LogP contribution in [0.1, 0.15) is 264 Å². The number of esters is 1. The number of hydrogen-bond donors (Lipinski definition) is 3. The summed E-state index contributed by atoms with van der Waals surface area (Å²) in [6.07, 6.45) is 62.7. The molecule has 0 spiro atoms. The first-order valence-electron chi connectivity index (χ1n) is 26.4. The van der Waals surface area contributed by atoms with E-state index in [1.165, 1.54) is 173 Å². The number of carbonyl (C=O) groups is 2. The summed E-state index contributed by atoms with van der Waals surface area (Å²) >= 11 is 0. The van der Waals surface area contributed by atoms with Gasteiger partial charge in [-0.25, -0.2) is 0 Å². The third-order valence-electron chi connectivity index (χ3n) is 11.8. The van der Waals surface area contributed by atoms with Gasteiger partial charge in [-0.1, -0.05) is 210 Å². The number of allylic oxidation sites excluding steroid dienone is 7. The molecule has 0 aliphatic heterocycles. The van der Waals surface area contributed by atoms with Crippen molar-refractivity contribution < 1.29 is 24.5 Å². The van der Waals surface area contributed by atoms with Crippen molar-refractivity contribution >= 4 is 11.9 Å². The number of carbonyl (C=O) groups excluding carboxylic acids is 2. The zero-order valence-corrected chi connectivity index (χ0v) is 40.4. The topological polar surface area (TPSA) is 95.9 Å². The van der Waals surface area contributed by atoms with Crippen LogP contribution in [0, 0.1) is 0 Å². The molecule has 0 fully saturated rings. The minimum Gasteiger partial charge on any atom is -0.466 e. The Morgan fingerprint density at radius 2 is 0.820 bits per heavy atom. The van der Waals surface area contributed by atoms with E-state index in [1.807, 2.05) is 6.08 Å². The highest BCUT2D eigenvalue weighted by Gasteiger charge is 2.18. The summed E-state index contributed by atoms with van der Waals surface area (Å²) in [5.74, 6) is -0.0872. The molecule has 0 saturated carbocycles. The van der Waals surface area contributed by atoms with E-state index < -0.39 is 12.1 Å². The van der Waals surface area contributed by atoms with Crippen LogP contribution in [-0.4, -0.2) is 47.4 Å². The van der Waals surface area contributed by atoms with Crippen molar-refractivity contribution in [2.75, 3.05) is 13.2 Å². The molecule has 0 aromatic carbocycles. The minimum absolute atomic E-state index is 0.00471. The third-order valence-corrected chi connectivity index (χ3v) is 11.8. The Morgan fingerprint density at radius 3 is 1.30 bits per heavy atom. The normalized spacial score (nSPS) is 13.0. The predicted molar refractivity (Wildman–Crippen MR) is 264 cm³/mol. The molecule has 6 nitrogen and oxygen atoms in total.